The van der Waals surface area contributed by atoms with Crippen molar-refractivity contribution in [1.82, 2.24) is 0 Å². The molecule has 3 heteroatoms. The molecule has 0 aliphatic rings. The number of hydrogen-bond acceptors (Lipinski definition) is 1. The Morgan fingerprint density at radius 1 is 1.12 bits per heavy atom. The van der Waals surface area contributed by atoms with Crippen molar-refractivity contribution in [2.24, 2.45) is 0 Å². The zero-order valence-electron chi connectivity index (χ0n) is 12.1. The van der Waals surface area contributed by atoms with Crippen LogP contribution in [0.15, 0.2) is 24.3 Å². The zero-order chi connectivity index (χ0) is 12.8. The predicted molar refractivity (Wildman–Crippen MR) is 74.1 cm³/mol. The van der Waals surface area contributed by atoms with Gasteiger partial charge in [0.15, 0.2) is 0 Å². The van der Waals surface area contributed by atoms with E-state index in [9.17, 15) is 0 Å². The third kappa shape index (κ3) is 6.38. The Bertz CT molecular complexity index is 291. The Labute approximate surface area is 121 Å². The molecule has 0 amide bonds. The molecule has 0 atom stereocenters. The molecule has 0 unspecified atom stereocenters. The first-order valence-corrected chi connectivity index (χ1v) is 8.59. The first kappa shape index (κ1) is 19.2. The molecule has 1 aromatic rings. The molecular formula is C14H24OSiZn. The summed E-state index contributed by atoms with van der Waals surface area (Å²) in [6, 6.07) is 10.7. The number of benzene rings is 1. The molecule has 0 heterocycles. The average molecular weight is 302 g/mol. The van der Waals surface area contributed by atoms with Crippen LogP contribution in [0, 0.1) is 13.0 Å². The Kier molecular flexibility index (Phi) is 9.09. The van der Waals surface area contributed by atoms with E-state index in [2.05, 4.69) is 46.9 Å². The minimum Gasteiger partial charge on any atom is -0.564 e. The van der Waals surface area contributed by atoms with Gasteiger partial charge >= 0.3 is 19.5 Å². The van der Waals surface area contributed by atoms with Crippen molar-refractivity contribution in [3.63, 3.8) is 0 Å². The maximum absolute atomic E-state index is 6.09. The molecule has 1 aromatic carbocycles. The fourth-order valence-electron chi connectivity index (χ4n) is 0.887. The Morgan fingerprint density at radius 3 is 1.88 bits per heavy atom. The average Bonchev–Trinajstić information content (AvgIpc) is 2.20. The van der Waals surface area contributed by atoms with Crippen molar-refractivity contribution in [2.75, 3.05) is 0 Å². The third-order valence-corrected chi connectivity index (χ3v) is 7.23. The summed E-state index contributed by atoms with van der Waals surface area (Å²) in [5.41, 5.74) is 0. The molecule has 0 spiro atoms. The SMILES string of the molecule is CC(C)(C)[Si](C)(C)Oc1cc[c-]cc1.[CH2-]C.[Zn+2]. The quantitative estimate of drug-likeness (QED) is 0.568. The summed E-state index contributed by atoms with van der Waals surface area (Å²) < 4.78 is 6.09. The first-order chi connectivity index (χ1) is 7.33. The van der Waals surface area contributed by atoms with Crippen LogP contribution < -0.4 is 4.43 Å². The van der Waals surface area contributed by atoms with Crippen LogP contribution in [0.3, 0.4) is 0 Å². The van der Waals surface area contributed by atoms with E-state index in [0.717, 1.165) is 5.75 Å². The van der Waals surface area contributed by atoms with E-state index in [0.29, 0.717) is 0 Å². The number of hydrogen-bond donors (Lipinski definition) is 0. The van der Waals surface area contributed by atoms with Gasteiger partial charge in [-0.3, -0.25) is 0 Å². The van der Waals surface area contributed by atoms with Gasteiger partial charge < -0.3 is 11.3 Å². The van der Waals surface area contributed by atoms with Crippen LogP contribution >= 0.6 is 0 Å². The minimum atomic E-state index is -1.66. The van der Waals surface area contributed by atoms with E-state index in [-0.39, 0.29) is 24.5 Å². The fourth-order valence-corrected chi connectivity index (χ4v) is 1.92. The minimum absolute atomic E-state index is 0. The normalized spacial score (nSPS) is 10.8. The summed E-state index contributed by atoms with van der Waals surface area (Å²) in [6.45, 7) is 16.2. The van der Waals surface area contributed by atoms with Crippen LogP contribution in [-0.4, -0.2) is 8.32 Å². The molecular weight excluding hydrogens is 278 g/mol. The largest absolute Gasteiger partial charge is 2.00 e. The van der Waals surface area contributed by atoms with Gasteiger partial charge in [-0.15, -0.1) is 12.1 Å². The summed E-state index contributed by atoms with van der Waals surface area (Å²) in [5.74, 6) is 0.968. The summed E-state index contributed by atoms with van der Waals surface area (Å²) in [6.07, 6.45) is 0. The summed E-state index contributed by atoms with van der Waals surface area (Å²) in [4.78, 5) is 0. The van der Waals surface area contributed by atoms with Crippen LogP contribution in [-0.2, 0) is 19.5 Å². The van der Waals surface area contributed by atoms with Gasteiger partial charge in [-0.05, 0) is 23.9 Å². The molecule has 0 radical (unpaired) electrons. The van der Waals surface area contributed by atoms with Crippen LogP contribution in [0.2, 0.25) is 18.1 Å². The van der Waals surface area contributed by atoms with Gasteiger partial charge in [0.05, 0.1) is 0 Å². The summed E-state index contributed by atoms with van der Waals surface area (Å²) in [7, 11) is -1.66. The molecule has 92 valence electrons. The summed E-state index contributed by atoms with van der Waals surface area (Å²) in [5, 5.41) is 0.257. The second kappa shape index (κ2) is 8.05. The molecule has 0 saturated carbocycles. The topological polar surface area (TPSA) is 9.23 Å². The van der Waals surface area contributed by atoms with Crippen LogP contribution in [0.5, 0.6) is 5.75 Å². The van der Waals surface area contributed by atoms with Gasteiger partial charge in [0.25, 0.3) is 0 Å². The van der Waals surface area contributed by atoms with Gasteiger partial charge in [0.1, 0.15) is 0 Å². The predicted octanol–water partition coefficient (Wildman–Crippen LogP) is 4.71. The van der Waals surface area contributed by atoms with Crippen LogP contribution in [0.1, 0.15) is 27.7 Å². The smallest absolute Gasteiger partial charge is 0.564 e. The molecule has 0 aliphatic heterocycles. The second-order valence-corrected chi connectivity index (χ2v) is 9.82. The molecule has 0 bridgehead atoms. The maximum Gasteiger partial charge on any atom is 2.00 e. The van der Waals surface area contributed by atoms with E-state index in [4.69, 9.17) is 4.43 Å². The monoisotopic (exact) mass is 300 g/mol. The molecule has 0 saturated heterocycles. The standard InChI is InChI=1S/C12H19OSi.C2H5.Zn/c1-12(2,3)14(4,5)13-11-9-7-6-8-10-11;1-2;/h7-10H,1-5H3;1H2,2H3;/q2*-1;+2. The molecule has 1 rings (SSSR count). The number of rotatable bonds is 2. The van der Waals surface area contributed by atoms with Gasteiger partial charge in [-0.1, -0.05) is 20.8 Å². The van der Waals surface area contributed by atoms with Gasteiger partial charge in [-0.2, -0.15) is 25.1 Å². The van der Waals surface area contributed by atoms with Gasteiger partial charge in [-0.25, -0.2) is 0 Å². The summed E-state index contributed by atoms with van der Waals surface area (Å²) >= 11 is 0. The maximum atomic E-state index is 6.09. The van der Waals surface area contributed by atoms with Gasteiger partial charge in [0, 0.05) is 0 Å². The van der Waals surface area contributed by atoms with Crippen molar-refractivity contribution in [3.05, 3.63) is 37.3 Å². The first-order valence-electron chi connectivity index (χ1n) is 5.69. The van der Waals surface area contributed by atoms with E-state index in [1.807, 2.05) is 24.3 Å². The Morgan fingerprint density at radius 2 is 1.53 bits per heavy atom. The molecule has 1 nitrogen and oxygen atoms in total. The Balaban J connectivity index is 0. The van der Waals surface area contributed by atoms with Crippen LogP contribution in [0.25, 0.3) is 0 Å². The molecule has 0 N–H and O–H groups in total. The molecule has 17 heavy (non-hydrogen) atoms. The molecule has 0 fully saturated rings. The van der Waals surface area contributed by atoms with Crippen molar-refractivity contribution in [1.29, 1.82) is 0 Å². The van der Waals surface area contributed by atoms with Gasteiger partial charge in [0.2, 0.25) is 8.32 Å². The zero-order valence-corrected chi connectivity index (χ0v) is 16.1. The van der Waals surface area contributed by atoms with E-state index in [1.54, 1.807) is 6.92 Å². The van der Waals surface area contributed by atoms with E-state index in [1.165, 1.54) is 0 Å². The van der Waals surface area contributed by atoms with E-state index < -0.39 is 8.32 Å². The fraction of sp³-hybridized carbons (Fsp3) is 0.500. The third-order valence-electron chi connectivity index (χ3n) is 2.87. The molecule has 0 aliphatic carbocycles. The van der Waals surface area contributed by atoms with Crippen molar-refractivity contribution in [2.45, 2.75) is 45.8 Å². The second-order valence-electron chi connectivity index (χ2n) is 5.10. The molecule has 0 aromatic heterocycles. The Hall–Kier alpha value is -0.140. The van der Waals surface area contributed by atoms with Crippen molar-refractivity contribution in [3.8, 4) is 5.75 Å². The van der Waals surface area contributed by atoms with Crippen molar-refractivity contribution < 1.29 is 23.9 Å². The van der Waals surface area contributed by atoms with Crippen molar-refractivity contribution >= 4 is 8.32 Å². The van der Waals surface area contributed by atoms with E-state index >= 15 is 0 Å². The van der Waals surface area contributed by atoms with Crippen LogP contribution in [0.4, 0.5) is 0 Å².